The van der Waals surface area contributed by atoms with Crippen LogP contribution in [-0.2, 0) is 4.79 Å². The highest BCUT2D eigenvalue weighted by Crippen LogP contribution is 2.20. The van der Waals surface area contributed by atoms with Crippen LogP contribution in [0.3, 0.4) is 0 Å². The molecule has 2 N–H and O–H groups in total. The topological polar surface area (TPSA) is 110 Å². The number of carbonyl (C=O) groups excluding carboxylic acids is 2. The molecule has 0 saturated carbocycles. The van der Waals surface area contributed by atoms with Crippen LogP contribution in [0.4, 0.5) is 11.7 Å². The first-order chi connectivity index (χ1) is 14.7. The van der Waals surface area contributed by atoms with Crippen LogP contribution in [0, 0.1) is 0 Å². The lowest BCUT2D eigenvalue weighted by atomic mass is 10.2. The minimum atomic E-state index is -0.444. The van der Waals surface area contributed by atoms with Crippen molar-refractivity contribution < 1.29 is 18.4 Å². The Balaban J connectivity index is 1.40. The third-order valence-corrected chi connectivity index (χ3v) is 4.00. The van der Waals surface area contributed by atoms with E-state index in [9.17, 15) is 9.59 Å². The molecule has 0 bridgehead atoms. The Hall–Kier alpha value is -4.46. The Bertz CT molecular complexity index is 1180. The van der Waals surface area contributed by atoms with E-state index in [0.717, 1.165) is 5.56 Å². The Morgan fingerprint density at radius 3 is 2.57 bits per heavy atom. The maximum absolute atomic E-state index is 12.5. The summed E-state index contributed by atoms with van der Waals surface area (Å²) in [5.74, 6) is 0.0665. The summed E-state index contributed by atoms with van der Waals surface area (Å²) in [6, 6.07) is 19.2. The summed E-state index contributed by atoms with van der Waals surface area (Å²) in [7, 11) is 0. The van der Waals surface area contributed by atoms with Gasteiger partial charge in [0.15, 0.2) is 0 Å². The predicted octanol–water partition coefficient (Wildman–Crippen LogP) is 4.23. The highest BCUT2D eigenvalue weighted by Gasteiger charge is 2.13. The lowest BCUT2D eigenvalue weighted by molar-refractivity contribution is -0.111. The van der Waals surface area contributed by atoms with Crippen molar-refractivity contribution in [2.24, 2.45) is 0 Å². The van der Waals surface area contributed by atoms with Gasteiger partial charge in [-0.1, -0.05) is 29.4 Å². The summed E-state index contributed by atoms with van der Waals surface area (Å²) < 4.78 is 10.6. The highest BCUT2D eigenvalue weighted by atomic mass is 16.4. The summed E-state index contributed by atoms with van der Waals surface area (Å²) in [4.78, 5) is 24.5. The fourth-order valence-electron chi connectivity index (χ4n) is 2.61. The molecule has 0 radical (unpaired) electrons. The number of rotatable bonds is 6. The monoisotopic (exact) mass is 400 g/mol. The second-order valence-corrected chi connectivity index (χ2v) is 6.15. The first-order valence-electron chi connectivity index (χ1n) is 9.00. The second-order valence-electron chi connectivity index (χ2n) is 6.15. The lowest BCUT2D eigenvalue weighted by Gasteiger charge is -2.05. The zero-order chi connectivity index (χ0) is 20.8. The van der Waals surface area contributed by atoms with Gasteiger partial charge in [0.2, 0.25) is 11.8 Å². The predicted molar refractivity (Wildman–Crippen MR) is 111 cm³/mol. The number of amides is 2. The van der Waals surface area contributed by atoms with Crippen LogP contribution in [0.15, 0.2) is 87.9 Å². The van der Waals surface area contributed by atoms with Crippen molar-refractivity contribution in [2.45, 2.75) is 0 Å². The molecule has 0 saturated heterocycles. The number of aromatic nitrogens is 2. The second kappa shape index (κ2) is 8.70. The molecule has 0 atom stereocenters. The van der Waals surface area contributed by atoms with Crippen LogP contribution in [0.5, 0.6) is 0 Å². The molecule has 0 unspecified atom stereocenters. The molecule has 4 rings (SSSR count). The fourth-order valence-corrected chi connectivity index (χ4v) is 2.61. The molecule has 0 aliphatic rings. The van der Waals surface area contributed by atoms with E-state index in [0.29, 0.717) is 22.9 Å². The summed E-state index contributed by atoms with van der Waals surface area (Å²) in [6.45, 7) is 0. The van der Waals surface area contributed by atoms with Crippen molar-refractivity contribution in [2.75, 3.05) is 10.6 Å². The van der Waals surface area contributed by atoms with Gasteiger partial charge in [-0.2, -0.15) is 0 Å². The molecule has 8 nitrogen and oxygen atoms in total. The van der Waals surface area contributed by atoms with E-state index < -0.39 is 5.91 Å². The van der Waals surface area contributed by atoms with Crippen LogP contribution in [0.1, 0.15) is 16.1 Å². The van der Waals surface area contributed by atoms with Crippen molar-refractivity contribution in [3.63, 3.8) is 0 Å². The van der Waals surface area contributed by atoms with Crippen LogP contribution in [0.2, 0.25) is 0 Å². The molecule has 8 heteroatoms. The summed E-state index contributed by atoms with van der Waals surface area (Å²) in [5, 5.41) is 13.0. The average Bonchev–Trinajstić information content (AvgIpc) is 3.45. The molecular formula is C22H16N4O4. The van der Waals surface area contributed by atoms with Gasteiger partial charge in [0.25, 0.3) is 5.91 Å². The SMILES string of the molecule is O=C(/C=C/c1ccco1)Nc1cccc(C(=O)Nc2nnc(-c3ccccc3)o2)c1. The lowest BCUT2D eigenvalue weighted by Crippen LogP contribution is -2.13. The van der Waals surface area contributed by atoms with E-state index >= 15 is 0 Å². The van der Waals surface area contributed by atoms with Crippen molar-refractivity contribution in [3.8, 4) is 11.5 Å². The van der Waals surface area contributed by atoms with Gasteiger partial charge in [-0.15, -0.1) is 5.10 Å². The van der Waals surface area contributed by atoms with Gasteiger partial charge in [-0.05, 0) is 48.5 Å². The van der Waals surface area contributed by atoms with Crippen molar-refractivity contribution in [3.05, 3.63) is 90.4 Å². The van der Waals surface area contributed by atoms with Gasteiger partial charge in [0.1, 0.15) is 5.76 Å². The van der Waals surface area contributed by atoms with Crippen LogP contribution < -0.4 is 10.6 Å². The van der Waals surface area contributed by atoms with E-state index in [1.54, 1.807) is 42.5 Å². The zero-order valence-electron chi connectivity index (χ0n) is 15.6. The van der Waals surface area contributed by atoms with Crippen LogP contribution in [0.25, 0.3) is 17.5 Å². The van der Waals surface area contributed by atoms with Gasteiger partial charge in [0.05, 0.1) is 6.26 Å². The minimum Gasteiger partial charge on any atom is -0.465 e. The molecule has 0 spiro atoms. The van der Waals surface area contributed by atoms with E-state index in [4.69, 9.17) is 8.83 Å². The fraction of sp³-hybridized carbons (Fsp3) is 0. The molecule has 2 amide bonds. The van der Waals surface area contributed by atoms with E-state index in [-0.39, 0.29) is 11.9 Å². The third-order valence-electron chi connectivity index (χ3n) is 4.00. The number of nitrogens with one attached hydrogen (secondary N) is 2. The quantitative estimate of drug-likeness (QED) is 0.469. The van der Waals surface area contributed by atoms with Crippen molar-refractivity contribution in [1.29, 1.82) is 0 Å². The van der Waals surface area contributed by atoms with Crippen LogP contribution in [-0.4, -0.2) is 22.0 Å². The van der Waals surface area contributed by atoms with Gasteiger partial charge < -0.3 is 14.2 Å². The largest absolute Gasteiger partial charge is 0.465 e. The number of hydrogen-bond donors (Lipinski definition) is 2. The summed E-state index contributed by atoms with van der Waals surface area (Å²) in [5.41, 5.74) is 1.53. The number of nitrogens with zero attached hydrogens (tertiary/aromatic N) is 2. The van der Waals surface area contributed by atoms with Gasteiger partial charge in [0, 0.05) is 22.9 Å². The molecule has 0 aliphatic carbocycles. The number of furan rings is 1. The molecule has 2 heterocycles. The summed E-state index contributed by atoms with van der Waals surface area (Å²) in [6.07, 6.45) is 4.41. The minimum absolute atomic E-state index is 0.0188. The van der Waals surface area contributed by atoms with E-state index in [1.807, 2.05) is 30.3 Å². The molecular weight excluding hydrogens is 384 g/mol. The molecule has 4 aromatic rings. The number of anilines is 2. The Labute approximate surface area is 171 Å². The van der Waals surface area contributed by atoms with Gasteiger partial charge >= 0.3 is 6.01 Å². The molecule has 2 aromatic carbocycles. The standard InChI is InChI=1S/C22H16N4O4/c27-19(12-11-18-10-5-13-29-18)23-17-9-4-8-16(14-17)20(28)24-22-26-25-21(30-22)15-6-2-1-3-7-15/h1-14H,(H,23,27)(H,24,26,28)/b12-11+. The maximum atomic E-state index is 12.5. The molecule has 2 aromatic heterocycles. The molecule has 30 heavy (non-hydrogen) atoms. The number of benzene rings is 2. The van der Waals surface area contributed by atoms with Crippen LogP contribution >= 0.6 is 0 Å². The molecule has 148 valence electrons. The number of carbonyl (C=O) groups is 2. The first-order valence-corrected chi connectivity index (χ1v) is 9.00. The average molecular weight is 400 g/mol. The van der Waals surface area contributed by atoms with Gasteiger partial charge in [-0.25, -0.2) is 0 Å². The summed E-state index contributed by atoms with van der Waals surface area (Å²) >= 11 is 0. The Morgan fingerprint density at radius 1 is 0.900 bits per heavy atom. The maximum Gasteiger partial charge on any atom is 0.322 e. The van der Waals surface area contributed by atoms with Crippen molar-refractivity contribution >= 4 is 29.6 Å². The normalized spacial score (nSPS) is 10.8. The first kappa shape index (κ1) is 18.9. The molecule has 0 aliphatic heterocycles. The Kier molecular flexibility index (Phi) is 5.47. The zero-order valence-corrected chi connectivity index (χ0v) is 15.6. The van der Waals surface area contributed by atoms with E-state index in [1.165, 1.54) is 12.3 Å². The van der Waals surface area contributed by atoms with Gasteiger partial charge in [-0.3, -0.25) is 14.9 Å². The third kappa shape index (κ3) is 4.68. The van der Waals surface area contributed by atoms with Crippen molar-refractivity contribution in [1.82, 2.24) is 10.2 Å². The smallest absolute Gasteiger partial charge is 0.322 e. The molecule has 0 fully saturated rings. The highest BCUT2D eigenvalue weighted by molar-refractivity contribution is 6.05. The number of hydrogen-bond acceptors (Lipinski definition) is 6. The Morgan fingerprint density at radius 2 is 1.77 bits per heavy atom. The van der Waals surface area contributed by atoms with E-state index in [2.05, 4.69) is 20.8 Å².